The second-order valence-corrected chi connectivity index (χ2v) is 3.69. The molecule has 1 aromatic rings. The second kappa shape index (κ2) is 6.27. The zero-order chi connectivity index (χ0) is 12.0. The Hall–Kier alpha value is -1.36. The van der Waals surface area contributed by atoms with Crippen molar-refractivity contribution < 1.29 is 5.11 Å². The molecule has 0 aliphatic heterocycles. The molecule has 0 fully saturated rings. The van der Waals surface area contributed by atoms with Crippen molar-refractivity contribution in [2.75, 3.05) is 23.7 Å². The van der Waals surface area contributed by atoms with Gasteiger partial charge in [0, 0.05) is 24.8 Å². The quantitative estimate of drug-likeness (QED) is 0.681. The molecule has 90 valence electrons. The van der Waals surface area contributed by atoms with Crippen molar-refractivity contribution >= 4 is 11.8 Å². The van der Waals surface area contributed by atoms with Gasteiger partial charge in [-0.2, -0.15) is 4.98 Å². The van der Waals surface area contributed by atoms with Crippen LogP contribution in [0.2, 0.25) is 0 Å². The van der Waals surface area contributed by atoms with Gasteiger partial charge in [-0.05, 0) is 20.3 Å². The first-order chi connectivity index (χ1) is 7.65. The zero-order valence-electron chi connectivity index (χ0n) is 10.1. The summed E-state index contributed by atoms with van der Waals surface area (Å²) in [5.74, 6) is 1.37. The maximum atomic E-state index is 9.44. The summed E-state index contributed by atoms with van der Waals surface area (Å²) in [7, 11) is 0. The Labute approximate surface area is 96.3 Å². The largest absolute Gasteiger partial charge is 0.391 e. The van der Waals surface area contributed by atoms with E-state index >= 15 is 0 Å². The molecule has 16 heavy (non-hydrogen) atoms. The average Bonchev–Trinajstić information content (AvgIpc) is 2.25. The van der Waals surface area contributed by atoms with E-state index in [0.29, 0.717) is 12.5 Å². The summed E-state index contributed by atoms with van der Waals surface area (Å²) >= 11 is 0. The molecule has 3 N–H and O–H groups in total. The van der Waals surface area contributed by atoms with E-state index in [1.807, 2.05) is 26.8 Å². The highest BCUT2D eigenvalue weighted by Crippen LogP contribution is 2.09. The standard InChI is InChI=1S/C11H20N4O/c1-4-9(16)7-13-10-6-8(3)14-11(15-10)12-5-2/h6,9,16H,4-5,7H2,1-3H3,(H2,12,13,14,15). The summed E-state index contributed by atoms with van der Waals surface area (Å²) in [6, 6.07) is 1.86. The molecule has 0 aliphatic rings. The van der Waals surface area contributed by atoms with E-state index in [4.69, 9.17) is 0 Å². The van der Waals surface area contributed by atoms with Crippen molar-refractivity contribution in [1.82, 2.24) is 9.97 Å². The monoisotopic (exact) mass is 224 g/mol. The van der Waals surface area contributed by atoms with Crippen LogP contribution in [0.4, 0.5) is 11.8 Å². The topological polar surface area (TPSA) is 70.1 Å². The lowest BCUT2D eigenvalue weighted by Gasteiger charge is -2.11. The van der Waals surface area contributed by atoms with Gasteiger partial charge in [-0.1, -0.05) is 6.92 Å². The van der Waals surface area contributed by atoms with Gasteiger partial charge in [-0.25, -0.2) is 4.98 Å². The maximum absolute atomic E-state index is 9.44. The van der Waals surface area contributed by atoms with Crippen LogP contribution >= 0.6 is 0 Å². The number of nitrogens with one attached hydrogen (secondary N) is 2. The van der Waals surface area contributed by atoms with Gasteiger partial charge in [0.25, 0.3) is 0 Å². The summed E-state index contributed by atoms with van der Waals surface area (Å²) < 4.78 is 0. The van der Waals surface area contributed by atoms with Gasteiger partial charge in [-0.15, -0.1) is 0 Å². The van der Waals surface area contributed by atoms with Crippen molar-refractivity contribution in [2.45, 2.75) is 33.3 Å². The number of aromatic nitrogens is 2. The summed E-state index contributed by atoms with van der Waals surface area (Å²) in [4.78, 5) is 8.53. The fourth-order valence-electron chi connectivity index (χ4n) is 1.26. The molecular formula is C11H20N4O. The molecule has 5 nitrogen and oxygen atoms in total. The van der Waals surface area contributed by atoms with Crippen molar-refractivity contribution in [3.05, 3.63) is 11.8 Å². The van der Waals surface area contributed by atoms with Crippen LogP contribution in [-0.4, -0.2) is 34.3 Å². The number of rotatable bonds is 6. The number of hydrogen-bond acceptors (Lipinski definition) is 5. The van der Waals surface area contributed by atoms with E-state index in [1.165, 1.54) is 0 Å². The van der Waals surface area contributed by atoms with E-state index in [-0.39, 0.29) is 6.10 Å². The van der Waals surface area contributed by atoms with Crippen LogP contribution in [0.3, 0.4) is 0 Å². The zero-order valence-corrected chi connectivity index (χ0v) is 10.1. The Kier molecular flexibility index (Phi) is 4.98. The number of anilines is 2. The maximum Gasteiger partial charge on any atom is 0.224 e. The Balaban J connectivity index is 2.64. The summed E-state index contributed by atoms with van der Waals surface area (Å²) in [5, 5.41) is 15.6. The summed E-state index contributed by atoms with van der Waals surface area (Å²) in [5.41, 5.74) is 0.902. The Bertz CT molecular complexity index is 330. The van der Waals surface area contributed by atoms with Crippen molar-refractivity contribution in [3.63, 3.8) is 0 Å². The molecule has 1 aromatic heterocycles. The predicted octanol–water partition coefficient (Wildman–Crippen LogP) is 1.40. The first-order valence-electron chi connectivity index (χ1n) is 5.67. The van der Waals surface area contributed by atoms with Crippen LogP contribution in [0.25, 0.3) is 0 Å². The minimum Gasteiger partial charge on any atom is -0.391 e. The van der Waals surface area contributed by atoms with Crippen LogP contribution in [0.1, 0.15) is 26.0 Å². The number of aliphatic hydroxyl groups is 1. The van der Waals surface area contributed by atoms with Gasteiger partial charge in [-0.3, -0.25) is 0 Å². The van der Waals surface area contributed by atoms with Crippen LogP contribution in [0, 0.1) is 6.92 Å². The predicted molar refractivity (Wildman–Crippen MR) is 65.7 cm³/mol. The summed E-state index contributed by atoms with van der Waals surface area (Å²) in [6.07, 6.45) is 0.398. The molecule has 0 saturated carbocycles. The molecule has 0 bridgehead atoms. The van der Waals surface area contributed by atoms with Crippen LogP contribution in [0.15, 0.2) is 6.07 Å². The Morgan fingerprint density at radius 3 is 2.69 bits per heavy atom. The average molecular weight is 224 g/mol. The molecule has 0 aromatic carbocycles. The van der Waals surface area contributed by atoms with E-state index in [0.717, 1.165) is 24.5 Å². The molecular weight excluding hydrogens is 204 g/mol. The second-order valence-electron chi connectivity index (χ2n) is 3.69. The molecule has 0 spiro atoms. The molecule has 1 atom stereocenters. The minimum absolute atomic E-state index is 0.335. The number of aliphatic hydroxyl groups excluding tert-OH is 1. The van der Waals surface area contributed by atoms with Gasteiger partial charge in [0.1, 0.15) is 5.82 Å². The fraction of sp³-hybridized carbons (Fsp3) is 0.636. The highest BCUT2D eigenvalue weighted by Gasteiger charge is 2.03. The lowest BCUT2D eigenvalue weighted by atomic mass is 10.3. The van der Waals surface area contributed by atoms with Gasteiger partial charge in [0.05, 0.1) is 6.10 Å². The van der Waals surface area contributed by atoms with E-state index < -0.39 is 0 Å². The smallest absolute Gasteiger partial charge is 0.224 e. The molecule has 5 heteroatoms. The van der Waals surface area contributed by atoms with Crippen molar-refractivity contribution in [3.8, 4) is 0 Å². The van der Waals surface area contributed by atoms with Crippen molar-refractivity contribution in [1.29, 1.82) is 0 Å². The number of aryl methyl sites for hydroxylation is 1. The molecule has 0 saturated heterocycles. The van der Waals surface area contributed by atoms with Crippen LogP contribution < -0.4 is 10.6 Å². The first-order valence-corrected chi connectivity index (χ1v) is 5.67. The lowest BCUT2D eigenvalue weighted by molar-refractivity contribution is 0.183. The molecule has 1 unspecified atom stereocenters. The Morgan fingerprint density at radius 1 is 1.31 bits per heavy atom. The SMILES string of the molecule is CCNc1nc(C)cc(NCC(O)CC)n1. The highest BCUT2D eigenvalue weighted by atomic mass is 16.3. The summed E-state index contributed by atoms with van der Waals surface area (Å²) in [6.45, 7) is 7.17. The third-order valence-electron chi connectivity index (χ3n) is 2.18. The Morgan fingerprint density at radius 2 is 2.06 bits per heavy atom. The van der Waals surface area contributed by atoms with Gasteiger partial charge >= 0.3 is 0 Å². The van der Waals surface area contributed by atoms with Gasteiger partial charge in [0.2, 0.25) is 5.95 Å². The minimum atomic E-state index is -0.335. The van der Waals surface area contributed by atoms with E-state index in [1.54, 1.807) is 0 Å². The number of nitrogens with zero attached hydrogens (tertiary/aromatic N) is 2. The lowest BCUT2D eigenvalue weighted by Crippen LogP contribution is -2.19. The van der Waals surface area contributed by atoms with Gasteiger partial charge in [0.15, 0.2) is 0 Å². The molecule has 0 aliphatic carbocycles. The molecule has 1 rings (SSSR count). The fourth-order valence-corrected chi connectivity index (χ4v) is 1.26. The molecule has 0 amide bonds. The first kappa shape index (κ1) is 12.7. The third-order valence-corrected chi connectivity index (χ3v) is 2.18. The molecule has 0 radical (unpaired) electrons. The van der Waals surface area contributed by atoms with Gasteiger partial charge < -0.3 is 15.7 Å². The normalized spacial score (nSPS) is 12.2. The van der Waals surface area contributed by atoms with Crippen LogP contribution in [0.5, 0.6) is 0 Å². The van der Waals surface area contributed by atoms with Crippen molar-refractivity contribution in [2.24, 2.45) is 0 Å². The number of hydrogen-bond donors (Lipinski definition) is 3. The van der Waals surface area contributed by atoms with E-state index in [2.05, 4.69) is 20.6 Å². The third kappa shape index (κ3) is 4.02. The van der Waals surface area contributed by atoms with E-state index in [9.17, 15) is 5.11 Å². The molecule has 1 heterocycles. The highest BCUT2D eigenvalue weighted by molar-refractivity contribution is 5.42. The van der Waals surface area contributed by atoms with Crippen LogP contribution in [-0.2, 0) is 0 Å².